The van der Waals surface area contributed by atoms with Crippen molar-refractivity contribution in [1.82, 2.24) is 5.32 Å². The summed E-state index contributed by atoms with van der Waals surface area (Å²) in [5, 5.41) is 7.06. The Hall–Kier alpha value is -3.12. The van der Waals surface area contributed by atoms with Crippen LogP contribution < -0.4 is 15.7 Å². The predicted molar refractivity (Wildman–Crippen MR) is 107 cm³/mol. The van der Waals surface area contributed by atoms with Crippen LogP contribution in [0.5, 0.6) is 5.75 Å². The number of amides is 1. The van der Waals surface area contributed by atoms with E-state index < -0.39 is 0 Å². The summed E-state index contributed by atoms with van der Waals surface area (Å²) < 4.78 is 10.9. The molecule has 0 spiro atoms. The Morgan fingerprint density at radius 1 is 1.04 bits per heavy atom. The summed E-state index contributed by atoms with van der Waals surface area (Å²) in [6.45, 7) is 0.481. The Morgan fingerprint density at radius 2 is 1.89 bits per heavy atom. The number of ether oxygens (including phenoxy) is 1. The molecule has 0 aliphatic heterocycles. The molecule has 0 radical (unpaired) electrons. The molecule has 4 aromatic rings. The van der Waals surface area contributed by atoms with Crippen molar-refractivity contribution in [2.75, 3.05) is 13.2 Å². The fraction of sp³-hybridized carbons (Fsp3) is 0.143. The number of carbonyl (C=O) groups excluding carboxylic acids is 1. The van der Waals surface area contributed by atoms with Crippen molar-refractivity contribution in [3.8, 4) is 5.75 Å². The first kappa shape index (κ1) is 17.3. The molecule has 136 valence electrons. The first-order chi connectivity index (χ1) is 13.2. The van der Waals surface area contributed by atoms with E-state index in [-0.39, 0.29) is 18.1 Å². The molecule has 2 heterocycles. The third-order valence-electron chi connectivity index (χ3n) is 4.24. The normalized spacial score (nSPS) is 11.0. The lowest BCUT2D eigenvalue weighted by atomic mass is 10.1. The maximum atomic E-state index is 12.1. The van der Waals surface area contributed by atoms with Crippen LogP contribution in [0.25, 0.3) is 21.7 Å². The van der Waals surface area contributed by atoms with Crippen molar-refractivity contribution >= 4 is 39.0 Å². The van der Waals surface area contributed by atoms with Crippen LogP contribution in [-0.2, 0) is 11.2 Å². The Labute approximate surface area is 159 Å². The van der Waals surface area contributed by atoms with E-state index in [0.717, 1.165) is 17.2 Å². The number of benzene rings is 2. The Balaban J connectivity index is 1.42. The Bertz CT molecular complexity index is 1150. The molecule has 4 rings (SSSR count). The van der Waals surface area contributed by atoms with Crippen LogP contribution in [-0.4, -0.2) is 19.1 Å². The Kier molecular flexibility index (Phi) is 4.89. The number of thiophene rings is 1. The lowest BCUT2D eigenvalue weighted by molar-refractivity contribution is -0.123. The van der Waals surface area contributed by atoms with Gasteiger partial charge in [0.1, 0.15) is 11.3 Å². The molecule has 0 unspecified atom stereocenters. The van der Waals surface area contributed by atoms with Crippen LogP contribution in [0.3, 0.4) is 0 Å². The van der Waals surface area contributed by atoms with Crippen molar-refractivity contribution in [2.45, 2.75) is 6.42 Å². The molecule has 0 bridgehead atoms. The minimum Gasteiger partial charge on any atom is -0.484 e. The van der Waals surface area contributed by atoms with Crippen LogP contribution in [0.2, 0.25) is 0 Å². The molecule has 5 nitrogen and oxygen atoms in total. The van der Waals surface area contributed by atoms with E-state index in [4.69, 9.17) is 9.15 Å². The minimum absolute atomic E-state index is 0.0895. The molecular formula is C21H17NO4S. The van der Waals surface area contributed by atoms with Gasteiger partial charge in [-0.15, -0.1) is 11.3 Å². The fourth-order valence-corrected chi connectivity index (χ4v) is 3.64. The van der Waals surface area contributed by atoms with E-state index in [2.05, 4.69) is 5.32 Å². The molecule has 27 heavy (non-hydrogen) atoms. The SMILES string of the molecule is O=C(COc1ccc2c(c1)oc(=O)c1ccccc12)NCCc1cccs1. The summed E-state index contributed by atoms with van der Waals surface area (Å²) in [5.41, 5.74) is 0.0517. The second kappa shape index (κ2) is 7.63. The highest BCUT2D eigenvalue weighted by Crippen LogP contribution is 2.26. The number of fused-ring (bicyclic) bond motifs is 3. The predicted octanol–water partition coefficient (Wildman–Crippen LogP) is 3.75. The zero-order chi connectivity index (χ0) is 18.6. The largest absolute Gasteiger partial charge is 0.484 e. The number of carbonyl (C=O) groups is 1. The third-order valence-corrected chi connectivity index (χ3v) is 5.17. The van der Waals surface area contributed by atoms with Crippen LogP contribution >= 0.6 is 11.3 Å². The zero-order valence-corrected chi connectivity index (χ0v) is 15.3. The summed E-state index contributed by atoms with van der Waals surface area (Å²) in [6.07, 6.45) is 0.803. The minimum atomic E-state index is -0.387. The van der Waals surface area contributed by atoms with Gasteiger partial charge in [-0.2, -0.15) is 0 Å². The average molecular weight is 379 g/mol. The average Bonchev–Trinajstić information content (AvgIpc) is 3.20. The second-order valence-electron chi connectivity index (χ2n) is 6.06. The zero-order valence-electron chi connectivity index (χ0n) is 14.4. The van der Waals surface area contributed by atoms with Gasteiger partial charge in [-0.05, 0) is 41.5 Å². The van der Waals surface area contributed by atoms with Gasteiger partial charge >= 0.3 is 5.63 Å². The molecule has 6 heteroatoms. The van der Waals surface area contributed by atoms with Crippen molar-refractivity contribution in [3.05, 3.63) is 75.3 Å². The fourth-order valence-electron chi connectivity index (χ4n) is 2.93. The van der Waals surface area contributed by atoms with Crippen LogP contribution in [0.1, 0.15) is 4.88 Å². The third kappa shape index (κ3) is 3.85. The first-order valence-corrected chi connectivity index (χ1v) is 9.46. The summed E-state index contributed by atoms with van der Waals surface area (Å²) in [5.74, 6) is 0.293. The smallest absolute Gasteiger partial charge is 0.344 e. The summed E-state index contributed by atoms with van der Waals surface area (Å²) in [7, 11) is 0. The lowest BCUT2D eigenvalue weighted by Crippen LogP contribution is -2.30. The number of rotatable bonds is 6. The van der Waals surface area contributed by atoms with Crippen molar-refractivity contribution < 1.29 is 13.9 Å². The monoisotopic (exact) mass is 379 g/mol. The molecule has 1 amide bonds. The summed E-state index contributed by atoms with van der Waals surface area (Å²) in [6, 6.07) is 16.6. The van der Waals surface area contributed by atoms with Gasteiger partial charge in [0.05, 0.1) is 5.39 Å². The number of nitrogens with one attached hydrogen (secondary N) is 1. The van der Waals surface area contributed by atoms with E-state index in [1.54, 1.807) is 35.6 Å². The number of hydrogen-bond acceptors (Lipinski definition) is 5. The van der Waals surface area contributed by atoms with E-state index >= 15 is 0 Å². The van der Waals surface area contributed by atoms with Gasteiger partial charge in [0.15, 0.2) is 6.61 Å². The Morgan fingerprint density at radius 3 is 2.70 bits per heavy atom. The molecule has 1 N–H and O–H groups in total. The molecular weight excluding hydrogens is 362 g/mol. The molecule has 0 aliphatic carbocycles. The van der Waals surface area contributed by atoms with Gasteiger partial charge in [0.2, 0.25) is 0 Å². The molecule has 0 fully saturated rings. The highest BCUT2D eigenvalue weighted by atomic mass is 32.1. The molecule has 0 saturated carbocycles. The second-order valence-corrected chi connectivity index (χ2v) is 7.09. The van der Waals surface area contributed by atoms with Crippen LogP contribution in [0, 0.1) is 0 Å². The van der Waals surface area contributed by atoms with Gasteiger partial charge in [-0.1, -0.05) is 24.3 Å². The molecule has 0 saturated heterocycles. The summed E-state index contributed by atoms with van der Waals surface area (Å²) >= 11 is 1.67. The lowest BCUT2D eigenvalue weighted by Gasteiger charge is -2.08. The van der Waals surface area contributed by atoms with Crippen molar-refractivity contribution in [2.24, 2.45) is 0 Å². The van der Waals surface area contributed by atoms with E-state index in [1.807, 2.05) is 35.7 Å². The molecule has 0 atom stereocenters. The van der Waals surface area contributed by atoms with Crippen LogP contribution in [0.15, 0.2) is 69.2 Å². The van der Waals surface area contributed by atoms with Gasteiger partial charge < -0.3 is 14.5 Å². The van der Waals surface area contributed by atoms with E-state index in [9.17, 15) is 9.59 Å². The first-order valence-electron chi connectivity index (χ1n) is 8.58. The number of hydrogen-bond donors (Lipinski definition) is 1. The maximum absolute atomic E-state index is 12.1. The quantitative estimate of drug-likeness (QED) is 0.409. The molecule has 0 aliphatic rings. The maximum Gasteiger partial charge on any atom is 0.344 e. The van der Waals surface area contributed by atoms with E-state index in [0.29, 0.717) is 23.3 Å². The van der Waals surface area contributed by atoms with Gasteiger partial charge in [0, 0.05) is 22.9 Å². The van der Waals surface area contributed by atoms with Gasteiger partial charge in [-0.25, -0.2) is 4.79 Å². The molecule has 2 aromatic carbocycles. The summed E-state index contributed by atoms with van der Waals surface area (Å²) in [4.78, 5) is 25.3. The topological polar surface area (TPSA) is 68.5 Å². The van der Waals surface area contributed by atoms with Gasteiger partial charge in [-0.3, -0.25) is 4.79 Å². The van der Waals surface area contributed by atoms with Crippen molar-refractivity contribution in [1.29, 1.82) is 0 Å². The molecule has 2 aromatic heterocycles. The van der Waals surface area contributed by atoms with Gasteiger partial charge in [0.25, 0.3) is 5.91 Å². The highest BCUT2D eigenvalue weighted by Gasteiger charge is 2.09. The highest BCUT2D eigenvalue weighted by molar-refractivity contribution is 7.09. The van der Waals surface area contributed by atoms with Crippen molar-refractivity contribution in [3.63, 3.8) is 0 Å². The standard InChI is InChI=1S/C21H17NO4S/c23-20(22-10-9-15-4-3-11-27-15)13-25-14-7-8-17-16-5-1-2-6-18(16)21(24)26-19(17)12-14/h1-8,11-12H,9-10,13H2,(H,22,23). The van der Waals surface area contributed by atoms with Crippen LogP contribution in [0.4, 0.5) is 0 Å². The van der Waals surface area contributed by atoms with E-state index in [1.165, 1.54) is 4.88 Å².